The second-order valence-electron chi connectivity index (χ2n) is 3.03. The Labute approximate surface area is 107 Å². The Morgan fingerprint density at radius 1 is 1.12 bits per heavy atom. The summed E-state index contributed by atoms with van der Waals surface area (Å²) in [6.45, 7) is 0. The lowest BCUT2D eigenvalue weighted by Crippen LogP contribution is -2.14. The van der Waals surface area contributed by atoms with E-state index in [-0.39, 0.29) is 10.8 Å². The Kier molecular flexibility index (Phi) is 3.51. The largest absolute Gasteiger partial charge is 0.305 e. The van der Waals surface area contributed by atoms with Crippen LogP contribution in [-0.4, -0.2) is 20.9 Å². The third-order valence-electron chi connectivity index (χ3n) is 1.79. The minimum atomic E-state index is -0.449. The first-order valence-electron chi connectivity index (χ1n) is 4.56. The van der Waals surface area contributed by atoms with Crippen molar-refractivity contribution in [1.29, 1.82) is 0 Å². The van der Waals surface area contributed by atoms with Crippen LogP contribution in [0.4, 0.5) is 5.82 Å². The molecule has 2 rings (SSSR count). The molecular weight excluding hydrogens is 263 g/mol. The maximum atomic E-state index is 11.7. The number of carbonyl (C=O) groups is 1. The van der Waals surface area contributed by atoms with Gasteiger partial charge in [0.2, 0.25) is 0 Å². The van der Waals surface area contributed by atoms with E-state index in [2.05, 4.69) is 20.3 Å². The highest BCUT2D eigenvalue weighted by Crippen LogP contribution is 2.10. The summed E-state index contributed by atoms with van der Waals surface area (Å²) in [5, 5.41) is 2.97. The van der Waals surface area contributed by atoms with E-state index in [4.69, 9.17) is 23.2 Å². The Hall–Kier alpha value is -1.72. The number of nitrogens with one attached hydrogen (secondary N) is 1. The van der Waals surface area contributed by atoms with Crippen molar-refractivity contribution in [2.45, 2.75) is 0 Å². The smallest absolute Gasteiger partial charge is 0.277 e. The quantitative estimate of drug-likeness (QED) is 0.850. The van der Waals surface area contributed by atoms with Crippen LogP contribution in [0.25, 0.3) is 0 Å². The molecule has 0 saturated heterocycles. The van der Waals surface area contributed by atoms with E-state index >= 15 is 0 Å². The lowest BCUT2D eigenvalue weighted by molar-refractivity contribution is 0.102. The zero-order valence-electron chi connectivity index (χ0n) is 8.39. The van der Waals surface area contributed by atoms with Crippen LogP contribution in [0.2, 0.25) is 10.3 Å². The van der Waals surface area contributed by atoms with E-state index in [1.165, 1.54) is 12.4 Å². The van der Waals surface area contributed by atoms with Gasteiger partial charge in [0, 0.05) is 0 Å². The third kappa shape index (κ3) is 3.12. The molecule has 5 nitrogen and oxygen atoms in total. The number of hydrogen-bond acceptors (Lipinski definition) is 4. The maximum absolute atomic E-state index is 11.7. The predicted octanol–water partition coefficient (Wildman–Crippen LogP) is 2.43. The van der Waals surface area contributed by atoms with Gasteiger partial charge >= 0.3 is 0 Å². The predicted molar refractivity (Wildman–Crippen MR) is 64.2 cm³/mol. The number of anilines is 1. The normalized spacial score (nSPS) is 10.0. The van der Waals surface area contributed by atoms with Crippen LogP contribution < -0.4 is 5.32 Å². The van der Waals surface area contributed by atoms with Gasteiger partial charge in [-0.3, -0.25) is 9.78 Å². The van der Waals surface area contributed by atoms with Crippen molar-refractivity contribution < 1.29 is 4.79 Å². The number of amides is 1. The molecule has 0 fully saturated rings. The van der Waals surface area contributed by atoms with E-state index in [0.29, 0.717) is 11.0 Å². The van der Waals surface area contributed by atoms with Gasteiger partial charge in [0.1, 0.15) is 21.8 Å². The molecule has 1 N–H and O–H groups in total. The zero-order chi connectivity index (χ0) is 12.3. The van der Waals surface area contributed by atoms with Crippen molar-refractivity contribution in [3.63, 3.8) is 0 Å². The molecule has 0 atom stereocenters. The molecule has 2 heterocycles. The van der Waals surface area contributed by atoms with Crippen molar-refractivity contribution in [3.05, 3.63) is 46.6 Å². The summed E-state index contributed by atoms with van der Waals surface area (Å²) < 4.78 is 0. The molecule has 0 spiro atoms. The monoisotopic (exact) mass is 268 g/mol. The first-order chi connectivity index (χ1) is 8.15. The number of nitrogens with zero attached hydrogens (tertiary/aromatic N) is 3. The van der Waals surface area contributed by atoms with Crippen LogP contribution in [0, 0.1) is 0 Å². The zero-order valence-corrected chi connectivity index (χ0v) is 9.90. The summed E-state index contributed by atoms with van der Waals surface area (Å²) in [7, 11) is 0. The molecule has 0 aromatic carbocycles. The second kappa shape index (κ2) is 5.07. The van der Waals surface area contributed by atoms with Crippen LogP contribution in [0.15, 0.2) is 30.6 Å². The first kappa shape index (κ1) is 11.8. The maximum Gasteiger partial charge on any atom is 0.277 e. The molecule has 0 unspecified atom stereocenters. The van der Waals surface area contributed by atoms with Crippen LogP contribution in [0.3, 0.4) is 0 Å². The lowest BCUT2D eigenvalue weighted by atomic mass is 10.4. The number of halogens is 2. The van der Waals surface area contributed by atoms with Gasteiger partial charge in [0.15, 0.2) is 0 Å². The average Bonchev–Trinajstić information content (AvgIpc) is 2.29. The van der Waals surface area contributed by atoms with Crippen molar-refractivity contribution in [1.82, 2.24) is 15.0 Å². The Morgan fingerprint density at radius 2 is 1.94 bits per heavy atom. The number of aromatic nitrogens is 3. The highest BCUT2D eigenvalue weighted by molar-refractivity contribution is 6.29. The van der Waals surface area contributed by atoms with E-state index in [0.717, 1.165) is 0 Å². The van der Waals surface area contributed by atoms with Crippen molar-refractivity contribution >= 4 is 34.9 Å². The molecule has 17 heavy (non-hydrogen) atoms. The van der Waals surface area contributed by atoms with Gasteiger partial charge in [-0.15, -0.1) is 0 Å². The Morgan fingerprint density at radius 3 is 2.65 bits per heavy atom. The topological polar surface area (TPSA) is 67.8 Å². The van der Waals surface area contributed by atoms with Crippen molar-refractivity contribution in [2.24, 2.45) is 0 Å². The van der Waals surface area contributed by atoms with Crippen molar-refractivity contribution in [2.75, 3.05) is 5.32 Å². The van der Waals surface area contributed by atoms with Crippen LogP contribution in [0.5, 0.6) is 0 Å². The van der Waals surface area contributed by atoms with E-state index < -0.39 is 5.91 Å². The fraction of sp³-hybridized carbons (Fsp3) is 0. The molecule has 0 aliphatic rings. The highest BCUT2D eigenvalue weighted by Gasteiger charge is 2.09. The molecule has 86 valence electrons. The van der Waals surface area contributed by atoms with Crippen LogP contribution >= 0.6 is 23.2 Å². The number of hydrogen-bond donors (Lipinski definition) is 1. The Bertz CT molecular complexity index is 562. The van der Waals surface area contributed by atoms with Gasteiger partial charge in [-0.1, -0.05) is 29.3 Å². The number of carbonyl (C=O) groups excluding carboxylic acids is 1. The molecule has 0 bridgehead atoms. The summed E-state index contributed by atoms with van der Waals surface area (Å²) in [5.74, 6) is -0.112. The summed E-state index contributed by atoms with van der Waals surface area (Å²) in [4.78, 5) is 23.2. The third-order valence-corrected chi connectivity index (χ3v) is 2.19. The summed E-state index contributed by atoms with van der Waals surface area (Å²) in [6, 6.07) is 4.90. The summed E-state index contributed by atoms with van der Waals surface area (Å²) >= 11 is 11.3. The molecule has 2 aromatic rings. The standard InChI is InChI=1S/C10H6Cl2N4O/c11-7-2-1-3-9(15-7)16-10(17)6-4-13-5-8(12)14-6/h1-5H,(H,15,16,17). The van der Waals surface area contributed by atoms with Gasteiger partial charge < -0.3 is 5.32 Å². The minimum Gasteiger partial charge on any atom is -0.305 e. The molecule has 1 amide bonds. The molecule has 0 aliphatic carbocycles. The first-order valence-corrected chi connectivity index (χ1v) is 5.32. The SMILES string of the molecule is O=C(Nc1cccc(Cl)n1)c1cncc(Cl)n1. The highest BCUT2D eigenvalue weighted by atomic mass is 35.5. The molecule has 0 radical (unpaired) electrons. The molecule has 7 heteroatoms. The van der Waals surface area contributed by atoms with Crippen LogP contribution in [0.1, 0.15) is 10.5 Å². The van der Waals surface area contributed by atoms with E-state index in [1.54, 1.807) is 18.2 Å². The number of rotatable bonds is 2. The molecule has 2 aromatic heterocycles. The number of pyridine rings is 1. The molecule has 0 aliphatic heterocycles. The summed E-state index contributed by atoms with van der Waals surface area (Å²) in [6.07, 6.45) is 2.65. The van der Waals surface area contributed by atoms with Gasteiger partial charge in [-0.2, -0.15) is 0 Å². The fourth-order valence-corrected chi connectivity index (χ4v) is 1.42. The van der Waals surface area contributed by atoms with Crippen molar-refractivity contribution in [3.8, 4) is 0 Å². The van der Waals surface area contributed by atoms with E-state index in [9.17, 15) is 4.79 Å². The second-order valence-corrected chi connectivity index (χ2v) is 3.80. The average molecular weight is 269 g/mol. The molecular formula is C10H6Cl2N4O. The van der Waals surface area contributed by atoms with Gasteiger partial charge in [-0.05, 0) is 12.1 Å². The molecule has 0 saturated carbocycles. The minimum absolute atomic E-state index is 0.110. The summed E-state index contributed by atoms with van der Waals surface area (Å²) in [5.41, 5.74) is 0.110. The van der Waals surface area contributed by atoms with Crippen LogP contribution in [-0.2, 0) is 0 Å². The Balaban J connectivity index is 2.17. The van der Waals surface area contributed by atoms with Gasteiger partial charge in [0.25, 0.3) is 5.91 Å². The fourth-order valence-electron chi connectivity index (χ4n) is 1.11. The van der Waals surface area contributed by atoms with E-state index in [1.807, 2.05) is 0 Å². The van der Waals surface area contributed by atoms with Gasteiger partial charge in [0.05, 0.1) is 12.4 Å². The lowest BCUT2D eigenvalue weighted by Gasteiger charge is -2.03. The van der Waals surface area contributed by atoms with Gasteiger partial charge in [-0.25, -0.2) is 9.97 Å².